The molecule has 1 heterocycles. The van der Waals surface area contributed by atoms with Crippen LogP contribution in [0.5, 0.6) is 11.5 Å². The van der Waals surface area contributed by atoms with Gasteiger partial charge in [-0.3, -0.25) is 10.1 Å². The van der Waals surface area contributed by atoms with E-state index in [0.717, 1.165) is 46.7 Å². The molecule has 3 aromatic rings. The molecular weight excluding hydrogens is 388 g/mol. The molecule has 31 heavy (non-hydrogen) atoms. The molecule has 0 saturated heterocycles. The van der Waals surface area contributed by atoms with Gasteiger partial charge in [-0.25, -0.2) is 0 Å². The number of rotatable bonds is 8. The Hall–Kier alpha value is -3.31. The van der Waals surface area contributed by atoms with Gasteiger partial charge in [-0.15, -0.1) is 0 Å². The molecule has 160 valence electrons. The van der Waals surface area contributed by atoms with Crippen LogP contribution in [0.3, 0.4) is 0 Å². The van der Waals surface area contributed by atoms with Gasteiger partial charge in [0.2, 0.25) is 0 Å². The highest BCUT2D eigenvalue weighted by Gasteiger charge is 2.39. The monoisotopic (exact) mass is 416 g/mol. The standard InChI is InChI=1S/C26H28N2O3/c1-18(20-9-5-4-6-10-20)28-25(21-11-7-8-12-22(21)26(28)29)27-16-15-19-13-14-23(30-2)24(17-19)31-3/h4-14,17-18,25,27H,15-16H2,1-3H3/t18-,25-/m1/s1. The van der Waals surface area contributed by atoms with Gasteiger partial charge < -0.3 is 14.4 Å². The van der Waals surface area contributed by atoms with Gasteiger partial charge in [0.25, 0.3) is 5.91 Å². The number of nitrogens with zero attached hydrogens (tertiary/aromatic N) is 1. The first-order chi connectivity index (χ1) is 15.1. The number of hydrogen-bond donors (Lipinski definition) is 1. The van der Waals surface area contributed by atoms with Crippen molar-refractivity contribution in [2.24, 2.45) is 0 Å². The summed E-state index contributed by atoms with van der Waals surface area (Å²) in [6, 6.07) is 24.0. The first-order valence-electron chi connectivity index (χ1n) is 10.5. The van der Waals surface area contributed by atoms with Crippen molar-refractivity contribution in [3.05, 3.63) is 95.1 Å². The Bertz CT molecular complexity index is 1050. The number of amides is 1. The molecule has 3 aromatic carbocycles. The molecule has 1 aliphatic rings. The van der Waals surface area contributed by atoms with E-state index in [0.29, 0.717) is 0 Å². The van der Waals surface area contributed by atoms with Crippen LogP contribution in [0.1, 0.15) is 46.2 Å². The van der Waals surface area contributed by atoms with Crippen molar-refractivity contribution in [3.63, 3.8) is 0 Å². The molecule has 0 unspecified atom stereocenters. The first kappa shape index (κ1) is 20.9. The predicted molar refractivity (Wildman–Crippen MR) is 121 cm³/mol. The Kier molecular flexibility index (Phi) is 6.23. The van der Waals surface area contributed by atoms with Gasteiger partial charge in [-0.05, 0) is 42.7 Å². The van der Waals surface area contributed by atoms with E-state index in [2.05, 4.69) is 24.4 Å². The van der Waals surface area contributed by atoms with E-state index in [1.165, 1.54) is 0 Å². The van der Waals surface area contributed by atoms with Gasteiger partial charge >= 0.3 is 0 Å². The first-order valence-corrected chi connectivity index (χ1v) is 10.5. The average molecular weight is 417 g/mol. The van der Waals surface area contributed by atoms with E-state index < -0.39 is 0 Å². The Morgan fingerprint density at radius 3 is 2.39 bits per heavy atom. The smallest absolute Gasteiger partial charge is 0.256 e. The zero-order chi connectivity index (χ0) is 21.8. The molecule has 1 aliphatic heterocycles. The summed E-state index contributed by atoms with van der Waals surface area (Å²) in [5, 5.41) is 3.62. The molecule has 0 fully saturated rings. The topological polar surface area (TPSA) is 50.8 Å². The number of nitrogens with one attached hydrogen (secondary N) is 1. The summed E-state index contributed by atoms with van der Waals surface area (Å²) >= 11 is 0. The fourth-order valence-electron chi connectivity index (χ4n) is 4.23. The van der Waals surface area contributed by atoms with E-state index in [1.54, 1.807) is 14.2 Å². The van der Waals surface area contributed by atoms with Crippen molar-refractivity contribution in [2.75, 3.05) is 20.8 Å². The zero-order valence-electron chi connectivity index (χ0n) is 18.2. The lowest BCUT2D eigenvalue weighted by atomic mass is 10.1. The summed E-state index contributed by atoms with van der Waals surface area (Å²) in [6.07, 6.45) is 0.639. The highest BCUT2D eigenvalue weighted by molar-refractivity contribution is 5.99. The van der Waals surface area contributed by atoms with Gasteiger partial charge in [-0.2, -0.15) is 0 Å². The molecule has 5 heteroatoms. The second-order valence-electron chi connectivity index (χ2n) is 7.68. The zero-order valence-corrected chi connectivity index (χ0v) is 18.2. The Morgan fingerprint density at radius 1 is 0.935 bits per heavy atom. The maximum atomic E-state index is 13.3. The Labute approximate surface area is 183 Å². The number of ether oxygens (including phenoxy) is 2. The third-order valence-electron chi connectivity index (χ3n) is 5.90. The van der Waals surface area contributed by atoms with Crippen molar-refractivity contribution in [3.8, 4) is 11.5 Å². The molecule has 1 amide bonds. The maximum absolute atomic E-state index is 13.3. The minimum absolute atomic E-state index is 0.0420. The lowest BCUT2D eigenvalue weighted by Crippen LogP contribution is -2.39. The van der Waals surface area contributed by atoms with Crippen molar-refractivity contribution in [1.29, 1.82) is 0 Å². The van der Waals surface area contributed by atoms with Crippen LogP contribution in [0.15, 0.2) is 72.8 Å². The molecule has 0 saturated carbocycles. The van der Waals surface area contributed by atoms with Crippen molar-refractivity contribution in [1.82, 2.24) is 10.2 Å². The molecule has 0 spiro atoms. The van der Waals surface area contributed by atoms with Gasteiger partial charge in [0.15, 0.2) is 11.5 Å². The molecule has 2 atom stereocenters. The van der Waals surface area contributed by atoms with E-state index in [-0.39, 0.29) is 18.1 Å². The second kappa shape index (κ2) is 9.23. The third-order valence-corrected chi connectivity index (χ3v) is 5.90. The highest BCUT2D eigenvalue weighted by atomic mass is 16.5. The van der Waals surface area contributed by atoms with Gasteiger partial charge in [-0.1, -0.05) is 54.6 Å². The van der Waals surface area contributed by atoms with Gasteiger partial charge in [0.1, 0.15) is 6.17 Å². The van der Waals surface area contributed by atoms with Crippen molar-refractivity contribution >= 4 is 5.91 Å². The minimum atomic E-state index is -0.168. The van der Waals surface area contributed by atoms with Crippen LogP contribution >= 0.6 is 0 Å². The SMILES string of the molecule is COc1ccc(CCN[C@H]2c3ccccc3C(=O)N2[C@H](C)c2ccccc2)cc1OC. The van der Waals surface area contributed by atoms with Gasteiger partial charge in [0.05, 0.1) is 20.3 Å². The Balaban J connectivity index is 1.54. The molecule has 1 N–H and O–H groups in total. The second-order valence-corrected chi connectivity index (χ2v) is 7.68. The number of carbonyl (C=O) groups excluding carboxylic acids is 1. The van der Waals surface area contributed by atoms with E-state index in [1.807, 2.05) is 65.6 Å². The van der Waals surface area contributed by atoms with Crippen LogP contribution in [0, 0.1) is 0 Å². The average Bonchev–Trinajstić information content (AvgIpc) is 3.10. The van der Waals surface area contributed by atoms with Crippen LogP contribution in [-0.2, 0) is 6.42 Å². The predicted octanol–water partition coefficient (Wildman–Crippen LogP) is 4.75. The third kappa shape index (κ3) is 4.14. The minimum Gasteiger partial charge on any atom is -0.493 e. The molecule has 4 rings (SSSR count). The van der Waals surface area contributed by atoms with E-state index in [4.69, 9.17) is 9.47 Å². The van der Waals surface area contributed by atoms with E-state index in [9.17, 15) is 4.79 Å². The van der Waals surface area contributed by atoms with Crippen molar-refractivity contribution < 1.29 is 14.3 Å². The van der Waals surface area contributed by atoms with Crippen LogP contribution in [0.4, 0.5) is 0 Å². The molecule has 0 aliphatic carbocycles. The summed E-state index contributed by atoms with van der Waals surface area (Å²) < 4.78 is 10.7. The summed E-state index contributed by atoms with van der Waals surface area (Å²) in [5.41, 5.74) is 4.07. The molecular formula is C26H28N2O3. The van der Waals surface area contributed by atoms with Crippen LogP contribution in [0.25, 0.3) is 0 Å². The lowest BCUT2D eigenvalue weighted by Gasteiger charge is -2.32. The molecule has 0 radical (unpaired) electrons. The van der Waals surface area contributed by atoms with Crippen LogP contribution < -0.4 is 14.8 Å². The van der Waals surface area contributed by atoms with E-state index >= 15 is 0 Å². The number of hydrogen-bond acceptors (Lipinski definition) is 4. The summed E-state index contributed by atoms with van der Waals surface area (Å²) in [6.45, 7) is 2.81. The largest absolute Gasteiger partial charge is 0.493 e. The molecule has 5 nitrogen and oxygen atoms in total. The highest BCUT2D eigenvalue weighted by Crippen LogP contribution is 2.38. The lowest BCUT2D eigenvalue weighted by molar-refractivity contribution is 0.0603. The van der Waals surface area contributed by atoms with Crippen LogP contribution in [0.2, 0.25) is 0 Å². The van der Waals surface area contributed by atoms with Crippen LogP contribution in [-0.4, -0.2) is 31.6 Å². The number of methoxy groups -OCH3 is 2. The number of fused-ring (bicyclic) bond motifs is 1. The number of benzene rings is 3. The summed E-state index contributed by atoms with van der Waals surface area (Å²) in [5.74, 6) is 1.51. The van der Waals surface area contributed by atoms with Gasteiger partial charge in [0, 0.05) is 17.7 Å². The maximum Gasteiger partial charge on any atom is 0.256 e. The summed E-state index contributed by atoms with van der Waals surface area (Å²) in [7, 11) is 3.28. The number of carbonyl (C=O) groups is 1. The quantitative estimate of drug-likeness (QED) is 0.576. The fraction of sp³-hybridized carbons (Fsp3) is 0.269. The molecule has 0 aromatic heterocycles. The van der Waals surface area contributed by atoms with Crippen molar-refractivity contribution in [2.45, 2.75) is 25.6 Å². The fourth-order valence-corrected chi connectivity index (χ4v) is 4.23. The molecule has 0 bridgehead atoms. The summed E-state index contributed by atoms with van der Waals surface area (Å²) in [4.78, 5) is 15.2. The Morgan fingerprint density at radius 2 is 1.65 bits per heavy atom. The normalized spacial score (nSPS) is 16.2.